The van der Waals surface area contributed by atoms with Crippen molar-refractivity contribution in [1.29, 1.82) is 0 Å². The summed E-state index contributed by atoms with van der Waals surface area (Å²) in [6, 6.07) is 20.9. The third kappa shape index (κ3) is 3.84. The monoisotopic (exact) mass is 345 g/mol. The average Bonchev–Trinajstić information content (AvgIpc) is 2.68. The molecule has 26 heavy (non-hydrogen) atoms. The highest BCUT2D eigenvalue weighted by atomic mass is 16.5. The van der Waals surface area contributed by atoms with E-state index in [1.54, 1.807) is 0 Å². The summed E-state index contributed by atoms with van der Waals surface area (Å²) in [7, 11) is 0. The molecule has 0 bridgehead atoms. The van der Waals surface area contributed by atoms with E-state index in [0.29, 0.717) is 0 Å². The number of rotatable bonds is 2. The van der Waals surface area contributed by atoms with E-state index in [2.05, 4.69) is 66.1 Å². The molecule has 3 aromatic rings. The second kappa shape index (κ2) is 8.45. The number of aromatic nitrogens is 1. The summed E-state index contributed by atoms with van der Waals surface area (Å²) in [5.74, 6) is 1.77. The number of nitrogens with two attached hydrogens (primary N) is 1. The van der Waals surface area contributed by atoms with Gasteiger partial charge >= 0.3 is 0 Å². The van der Waals surface area contributed by atoms with Crippen molar-refractivity contribution in [3.05, 3.63) is 83.8 Å². The Balaban J connectivity index is 0.000000613. The van der Waals surface area contributed by atoms with Crippen molar-refractivity contribution in [2.24, 2.45) is 5.73 Å². The molecule has 4 rings (SSSR count). The largest absolute Gasteiger partial charge is 0.456 e. The predicted octanol–water partition coefficient (Wildman–Crippen LogP) is 4.56. The van der Waals surface area contributed by atoms with Gasteiger partial charge in [-0.3, -0.25) is 0 Å². The highest BCUT2D eigenvalue weighted by Gasteiger charge is 2.14. The molecule has 0 saturated carbocycles. The minimum absolute atomic E-state index is 0.750. The fourth-order valence-electron chi connectivity index (χ4n) is 3.02. The SMILES string of the molecule is CCN.CC[n+]1c(/C=C2\C=Cc3ccccc3O2)ccc2ccccc21. The summed E-state index contributed by atoms with van der Waals surface area (Å²) < 4.78 is 8.31. The van der Waals surface area contributed by atoms with E-state index in [1.807, 2.05) is 31.2 Å². The van der Waals surface area contributed by atoms with Gasteiger partial charge in [0.25, 0.3) is 0 Å². The van der Waals surface area contributed by atoms with Crippen molar-refractivity contribution in [3.8, 4) is 5.75 Å². The van der Waals surface area contributed by atoms with Crippen LogP contribution in [0.4, 0.5) is 0 Å². The summed E-state index contributed by atoms with van der Waals surface area (Å²) in [6.45, 7) is 5.74. The molecule has 132 valence electrons. The molecule has 0 unspecified atom stereocenters. The number of ether oxygens (including phenoxy) is 1. The Labute approximate surface area is 155 Å². The molecule has 1 aromatic heterocycles. The van der Waals surface area contributed by atoms with Gasteiger partial charge in [0.1, 0.15) is 18.1 Å². The molecule has 0 fully saturated rings. The van der Waals surface area contributed by atoms with Crippen LogP contribution in [0.15, 0.2) is 72.5 Å². The van der Waals surface area contributed by atoms with Crippen LogP contribution in [-0.2, 0) is 6.54 Å². The molecule has 0 saturated heterocycles. The Morgan fingerprint density at radius 2 is 1.65 bits per heavy atom. The molecule has 0 aliphatic carbocycles. The Kier molecular flexibility index (Phi) is 5.82. The van der Waals surface area contributed by atoms with Crippen LogP contribution in [0.25, 0.3) is 23.1 Å². The fourth-order valence-corrected chi connectivity index (χ4v) is 3.02. The van der Waals surface area contributed by atoms with Gasteiger partial charge in [0.05, 0.1) is 6.08 Å². The van der Waals surface area contributed by atoms with E-state index in [9.17, 15) is 0 Å². The first-order chi connectivity index (χ1) is 12.8. The van der Waals surface area contributed by atoms with Crippen LogP contribution in [0.3, 0.4) is 0 Å². The van der Waals surface area contributed by atoms with Gasteiger partial charge in [-0.1, -0.05) is 37.3 Å². The zero-order valence-electron chi connectivity index (χ0n) is 15.4. The summed E-state index contributed by atoms with van der Waals surface area (Å²) in [6.07, 6.45) is 6.22. The first-order valence-electron chi connectivity index (χ1n) is 9.05. The van der Waals surface area contributed by atoms with Crippen LogP contribution < -0.4 is 15.0 Å². The number of hydrogen-bond donors (Lipinski definition) is 1. The van der Waals surface area contributed by atoms with Crippen LogP contribution in [-0.4, -0.2) is 6.54 Å². The van der Waals surface area contributed by atoms with Crippen molar-refractivity contribution in [2.45, 2.75) is 20.4 Å². The normalized spacial score (nSPS) is 13.7. The molecule has 0 radical (unpaired) electrons. The number of aryl methyl sites for hydroxylation is 1. The summed E-state index contributed by atoms with van der Waals surface area (Å²) in [5, 5.41) is 1.25. The zero-order chi connectivity index (χ0) is 18.4. The van der Waals surface area contributed by atoms with Gasteiger partial charge in [-0.2, -0.15) is 4.57 Å². The van der Waals surface area contributed by atoms with Gasteiger partial charge in [0.15, 0.2) is 0 Å². The summed E-state index contributed by atoms with van der Waals surface area (Å²) in [4.78, 5) is 0. The molecule has 0 spiro atoms. The van der Waals surface area contributed by atoms with Crippen molar-refractivity contribution in [2.75, 3.05) is 6.54 Å². The number of hydrogen-bond acceptors (Lipinski definition) is 2. The lowest BCUT2D eigenvalue weighted by molar-refractivity contribution is -0.669. The van der Waals surface area contributed by atoms with Crippen LogP contribution in [0, 0.1) is 0 Å². The standard InChI is InChI=1S/C21H18NO.C2H7N/c1-2-22-18(13-11-16-7-3-5-9-20(16)22)15-19-14-12-17-8-4-6-10-21(17)23-19;1-2-3/h3-15H,2H2,1H3;2-3H2,1H3/q+1;/b19-15+;. The fraction of sp³-hybridized carbons (Fsp3) is 0.174. The minimum atomic E-state index is 0.750. The molecule has 3 nitrogen and oxygen atoms in total. The van der Waals surface area contributed by atoms with Crippen LogP contribution in [0.2, 0.25) is 0 Å². The number of allylic oxidation sites excluding steroid dienone is 1. The first-order valence-corrected chi connectivity index (χ1v) is 9.05. The van der Waals surface area contributed by atoms with E-state index in [0.717, 1.165) is 35.9 Å². The summed E-state index contributed by atoms with van der Waals surface area (Å²) in [5.41, 5.74) is 8.35. The average molecular weight is 345 g/mol. The highest BCUT2D eigenvalue weighted by molar-refractivity contribution is 5.76. The van der Waals surface area contributed by atoms with E-state index < -0.39 is 0 Å². The minimum Gasteiger partial charge on any atom is -0.456 e. The molecule has 2 N–H and O–H groups in total. The lowest BCUT2D eigenvalue weighted by Gasteiger charge is -2.14. The van der Waals surface area contributed by atoms with Gasteiger partial charge in [-0.05, 0) is 43.8 Å². The molecule has 1 aliphatic heterocycles. The lowest BCUT2D eigenvalue weighted by Crippen LogP contribution is -2.36. The second-order valence-corrected chi connectivity index (χ2v) is 5.99. The third-order valence-corrected chi connectivity index (χ3v) is 4.15. The molecule has 2 aromatic carbocycles. The summed E-state index contributed by atoms with van der Waals surface area (Å²) >= 11 is 0. The molecule has 0 amide bonds. The number of nitrogens with zero attached hydrogens (tertiary/aromatic N) is 1. The number of pyridine rings is 1. The van der Waals surface area contributed by atoms with Gasteiger partial charge in [0.2, 0.25) is 11.2 Å². The quantitative estimate of drug-likeness (QED) is 0.692. The van der Waals surface area contributed by atoms with Gasteiger partial charge in [-0.15, -0.1) is 0 Å². The second-order valence-electron chi connectivity index (χ2n) is 5.99. The van der Waals surface area contributed by atoms with Crippen molar-refractivity contribution < 1.29 is 9.30 Å². The predicted molar refractivity (Wildman–Crippen MR) is 109 cm³/mol. The Morgan fingerprint density at radius 1 is 0.923 bits per heavy atom. The Hall–Kier alpha value is -2.91. The van der Waals surface area contributed by atoms with Crippen molar-refractivity contribution >= 4 is 23.1 Å². The first kappa shape index (κ1) is 17.9. The van der Waals surface area contributed by atoms with E-state index in [4.69, 9.17) is 10.5 Å². The molecule has 1 aliphatic rings. The topological polar surface area (TPSA) is 39.1 Å². The number of benzene rings is 2. The van der Waals surface area contributed by atoms with Crippen molar-refractivity contribution in [3.63, 3.8) is 0 Å². The lowest BCUT2D eigenvalue weighted by atomic mass is 10.1. The smallest absolute Gasteiger partial charge is 0.212 e. The number of para-hydroxylation sites is 2. The van der Waals surface area contributed by atoms with Gasteiger partial charge in [0, 0.05) is 23.1 Å². The van der Waals surface area contributed by atoms with Crippen LogP contribution in [0.5, 0.6) is 5.75 Å². The molecule has 3 heteroatoms. The molecule has 0 atom stereocenters. The van der Waals surface area contributed by atoms with Crippen LogP contribution >= 0.6 is 0 Å². The molecule has 2 heterocycles. The number of fused-ring (bicyclic) bond motifs is 2. The zero-order valence-corrected chi connectivity index (χ0v) is 15.4. The molecular formula is C23H25N2O+. The maximum atomic E-state index is 6.01. The van der Waals surface area contributed by atoms with Crippen molar-refractivity contribution in [1.82, 2.24) is 0 Å². The molecular weight excluding hydrogens is 320 g/mol. The van der Waals surface area contributed by atoms with Gasteiger partial charge < -0.3 is 10.5 Å². The maximum absolute atomic E-state index is 6.01. The van der Waals surface area contributed by atoms with Crippen LogP contribution in [0.1, 0.15) is 25.1 Å². The highest BCUT2D eigenvalue weighted by Crippen LogP contribution is 2.27. The third-order valence-electron chi connectivity index (χ3n) is 4.15. The van der Waals surface area contributed by atoms with Gasteiger partial charge in [-0.25, -0.2) is 0 Å². The van der Waals surface area contributed by atoms with E-state index >= 15 is 0 Å². The van der Waals surface area contributed by atoms with E-state index in [1.165, 1.54) is 10.9 Å². The maximum Gasteiger partial charge on any atom is 0.212 e. The van der Waals surface area contributed by atoms with E-state index in [-0.39, 0.29) is 0 Å². The Morgan fingerprint density at radius 3 is 2.46 bits per heavy atom. The Bertz CT molecular complexity index is 957.